The highest BCUT2D eigenvalue weighted by atomic mass is 79.9. The average molecular weight is 348 g/mol. The van der Waals surface area contributed by atoms with Crippen molar-refractivity contribution >= 4 is 37.7 Å². The number of anilines is 1. The lowest BCUT2D eigenvalue weighted by molar-refractivity contribution is 0.322. The van der Waals surface area contributed by atoms with Gasteiger partial charge in [0.25, 0.3) is 0 Å². The van der Waals surface area contributed by atoms with Gasteiger partial charge in [0, 0.05) is 23.8 Å². The molecule has 1 fully saturated rings. The number of halogens is 2. The van der Waals surface area contributed by atoms with Gasteiger partial charge in [-0.2, -0.15) is 0 Å². The van der Waals surface area contributed by atoms with E-state index in [0.29, 0.717) is 0 Å². The normalized spacial score (nSPS) is 25.9. The van der Waals surface area contributed by atoms with Crippen molar-refractivity contribution in [3.05, 3.63) is 21.2 Å². The fourth-order valence-corrected chi connectivity index (χ4v) is 3.33. The van der Waals surface area contributed by atoms with Gasteiger partial charge in [-0.15, -0.1) is 0 Å². The van der Waals surface area contributed by atoms with Gasteiger partial charge in [-0.25, -0.2) is 4.98 Å². The number of hydrogen-bond acceptors (Lipinski definition) is 2. The molecule has 1 aromatic rings. The second kappa shape index (κ2) is 5.05. The molecule has 0 spiro atoms. The molecule has 2 atom stereocenters. The number of rotatable bonds is 1. The molecular weight excluding hydrogens is 332 g/mol. The van der Waals surface area contributed by atoms with Crippen LogP contribution in [-0.4, -0.2) is 18.1 Å². The molecule has 0 aromatic carbocycles. The van der Waals surface area contributed by atoms with Gasteiger partial charge < -0.3 is 4.90 Å². The molecule has 0 N–H and O–H groups in total. The summed E-state index contributed by atoms with van der Waals surface area (Å²) in [7, 11) is 0. The van der Waals surface area contributed by atoms with Gasteiger partial charge in [0.2, 0.25) is 0 Å². The van der Waals surface area contributed by atoms with Crippen molar-refractivity contribution in [2.75, 3.05) is 18.0 Å². The maximum atomic E-state index is 4.49. The highest BCUT2D eigenvalue weighted by Gasteiger charge is 2.24. The summed E-state index contributed by atoms with van der Waals surface area (Å²) in [5.41, 5.74) is 0. The topological polar surface area (TPSA) is 16.1 Å². The van der Waals surface area contributed by atoms with Crippen molar-refractivity contribution in [2.45, 2.75) is 20.3 Å². The van der Waals surface area contributed by atoms with Crippen molar-refractivity contribution in [3.8, 4) is 0 Å². The Morgan fingerprint density at radius 2 is 2.06 bits per heavy atom. The van der Waals surface area contributed by atoms with E-state index < -0.39 is 0 Å². The molecule has 16 heavy (non-hydrogen) atoms. The van der Waals surface area contributed by atoms with Crippen LogP contribution in [0.4, 0.5) is 5.82 Å². The molecule has 0 saturated carbocycles. The number of nitrogens with zero attached hydrogens (tertiary/aromatic N) is 2. The summed E-state index contributed by atoms with van der Waals surface area (Å²) in [6.45, 7) is 6.88. The molecule has 1 saturated heterocycles. The molecule has 1 aliphatic rings. The number of piperidine rings is 1. The maximum absolute atomic E-state index is 4.49. The van der Waals surface area contributed by atoms with Gasteiger partial charge in [-0.3, -0.25) is 0 Å². The van der Waals surface area contributed by atoms with Crippen LogP contribution >= 0.6 is 31.9 Å². The standard InChI is InChI=1S/C12H16Br2N2/c1-8-3-4-16(7-9(8)2)12-11(14)5-10(13)6-15-12/h5-6,8-9H,3-4,7H2,1-2H3. The minimum atomic E-state index is 0.742. The van der Waals surface area contributed by atoms with Crippen LogP contribution in [0.3, 0.4) is 0 Å². The molecule has 2 rings (SSSR count). The third kappa shape index (κ3) is 2.59. The summed E-state index contributed by atoms with van der Waals surface area (Å²) in [6, 6.07) is 2.06. The van der Waals surface area contributed by atoms with Gasteiger partial charge in [0.15, 0.2) is 0 Å². The first kappa shape index (κ1) is 12.4. The number of aromatic nitrogens is 1. The highest BCUT2D eigenvalue weighted by Crippen LogP contribution is 2.31. The van der Waals surface area contributed by atoms with Crippen LogP contribution in [0.2, 0.25) is 0 Å². The van der Waals surface area contributed by atoms with Gasteiger partial charge in [-0.05, 0) is 56.2 Å². The van der Waals surface area contributed by atoms with E-state index in [-0.39, 0.29) is 0 Å². The van der Waals surface area contributed by atoms with Crippen LogP contribution in [0, 0.1) is 11.8 Å². The monoisotopic (exact) mass is 346 g/mol. The molecular formula is C12H16Br2N2. The summed E-state index contributed by atoms with van der Waals surface area (Å²) in [5.74, 6) is 2.64. The van der Waals surface area contributed by atoms with Crippen LogP contribution in [0.5, 0.6) is 0 Å². The zero-order valence-electron chi connectivity index (χ0n) is 9.58. The van der Waals surface area contributed by atoms with E-state index in [0.717, 1.165) is 39.7 Å². The zero-order chi connectivity index (χ0) is 11.7. The Morgan fingerprint density at radius 3 is 2.69 bits per heavy atom. The first-order valence-corrected chi connectivity index (χ1v) is 7.22. The molecule has 0 amide bonds. The quantitative estimate of drug-likeness (QED) is 0.760. The average Bonchev–Trinajstić information content (AvgIpc) is 2.22. The second-order valence-corrected chi connectivity index (χ2v) is 6.42. The predicted molar refractivity (Wildman–Crippen MR) is 74.8 cm³/mol. The molecule has 0 bridgehead atoms. The predicted octanol–water partition coefficient (Wildman–Crippen LogP) is 4.09. The molecule has 88 valence electrons. The van der Waals surface area contributed by atoms with Gasteiger partial charge in [-0.1, -0.05) is 13.8 Å². The molecule has 4 heteroatoms. The van der Waals surface area contributed by atoms with Gasteiger partial charge >= 0.3 is 0 Å². The molecule has 0 radical (unpaired) electrons. The molecule has 0 aliphatic carbocycles. The van der Waals surface area contributed by atoms with E-state index in [2.05, 4.69) is 61.7 Å². The Morgan fingerprint density at radius 1 is 1.31 bits per heavy atom. The summed E-state index contributed by atoms with van der Waals surface area (Å²) in [4.78, 5) is 6.87. The van der Waals surface area contributed by atoms with E-state index in [1.165, 1.54) is 6.42 Å². The van der Waals surface area contributed by atoms with E-state index in [9.17, 15) is 0 Å². The van der Waals surface area contributed by atoms with Gasteiger partial charge in [0.05, 0.1) is 4.47 Å². The minimum Gasteiger partial charge on any atom is -0.355 e. The maximum Gasteiger partial charge on any atom is 0.142 e. The van der Waals surface area contributed by atoms with Crippen LogP contribution in [-0.2, 0) is 0 Å². The van der Waals surface area contributed by atoms with Crippen LogP contribution in [0.1, 0.15) is 20.3 Å². The Hall–Kier alpha value is -0.0900. The lowest BCUT2D eigenvalue weighted by Crippen LogP contribution is -2.39. The first-order chi connectivity index (χ1) is 7.58. The van der Waals surface area contributed by atoms with Crippen molar-refractivity contribution in [1.29, 1.82) is 0 Å². The van der Waals surface area contributed by atoms with Crippen molar-refractivity contribution in [1.82, 2.24) is 4.98 Å². The highest BCUT2D eigenvalue weighted by molar-refractivity contribution is 9.11. The first-order valence-electron chi connectivity index (χ1n) is 5.64. The Kier molecular flexibility index (Phi) is 3.90. The van der Waals surface area contributed by atoms with Crippen LogP contribution in [0.15, 0.2) is 21.2 Å². The number of hydrogen-bond donors (Lipinski definition) is 0. The van der Waals surface area contributed by atoms with Gasteiger partial charge in [0.1, 0.15) is 5.82 Å². The van der Waals surface area contributed by atoms with Crippen molar-refractivity contribution < 1.29 is 0 Å². The minimum absolute atomic E-state index is 0.742. The lowest BCUT2D eigenvalue weighted by atomic mass is 9.89. The Bertz CT molecular complexity index is 381. The summed E-state index contributed by atoms with van der Waals surface area (Å²) in [6.07, 6.45) is 3.12. The third-order valence-electron chi connectivity index (χ3n) is 3.42. The van der Waals surface area contributed by atoms with E-state index in [1.807, 2.05) is 6.20 Å². The molecule has 2 heterocycles. The summed E-state index contributed by atoms with van der Waals surface area (Å²) >= 11 is 7.01. The SMILES string of the molecule is CC1CCN(c2ncc(Br)cc2Br)CC1C. The Balaban J connectivity index is 2.18. The van der Waals surface area contributed by atoms with Crippen LogP contribution in [0.25, 0.3) is 0 Å². The fraction of sp³-hybridized carbons (Fsp3) is 0.583. The number of pyridine rings is 1. The third-order valence-corrected chi connectivity index (χ3v) is 4.44. The van der Waals surface area contributed by atoms with E-state index in [1.54, 1.807) is 0 Å². The van der Waals surface area contributed by atoms with Crippen molar-refractivity contribution in [3.63, 3.8) is 0 Å². The second-order valence-electron chi connectivity index (χ2n) is 4.65. The zero-order valence-corrected chi connectivity index (χ0v) is 12.8. The van der Waals surface area contributed by atoms with Crippen LogP contribution < -0.4 is 4.90 Å². The molecule has 2 unspecified atom stereocenters. The fourth-order valence-electron chi connectivity index (χ4n) is 2.10. The lowest BCUT2D eigenvalue weighted by Gasteiger charge is -2.36. The van der Waals surface area contributed by atoms with E-state index >= 15 is 0 Å². The molecule has 2 nitrogen and oxygen atoms in total. The van der Waals surface area contributed by atoms with E-state index in [4.69, 9.17) is 0 Å². The summed E-state index contributed by atoms with van der Waals surface area (Å²) < 4.78 is 2.09. The largest absolute Gasteiger partial charge is 0.355 e. The smallest absolute Gasteiger partial charge is 0.142 e. The summed E-state index contributed by atoms with van der Waals surface area (Å²) in [5, 5.41) is 0. The molecule has 1 aliphatic heterocycles. The Labute approximate surface area is 114 Å². The molecule has 1 aromatic heterocycles. The van der Waals surface area contributed by atoms with Crippen molar-refractivity contribution in [2.24, 2.45) is 11.8 Å².